The minimum Gasteiger partial charge on any atom is -0.338 e. The lowest BCUT2D eigenvalue weighted by atomic mass is 9.95. The Bertz CT molecular complexity index is 670. The van der Waals surface area contributed by atoms with Gasteiger partial charge in [0.2, 0.25) is 11.8 Å². The predicted molar refractivity (Wildman–Crippen MR) is 88.1 cm³/mol. The molecule has 0 bridgehead atoms. The summed E-state index contributed by atoms with van der Waals surface area (Å²) in [6.07, 6.45) is 0. The van der Waals surface area contributed by atoms with Crippen molar-refractivity contribution in [3.05, 3.63) is 47.7 Å². The molecule has 3 atom stereocenters. The van der Waals surface area contributed by atoms with E-state index in [1.165, 1.54) is 5.56 Å². The monoisotopic (exact) mass is 314 g/mol. The zero-order chi connectivity index (χ0) is 16.4. The van der Waals surface area contributed by atoms with Gasteiger partial charge in [0.25, 0.3) is 0 Å². The van der Waals surface area contributed by atoms with Crippen LogP contribution in [-0.2, 0) is 4.79 Å². The molecule has 2 aromatic rings. The Morgan fingerprint density at radius 1 is 1.39 bits per heavy atom. The Labute approximate surface area is 135 Å². The van der Waals surface area contributed by atoms with Gasteiger partial charge in [-0.1, -0.05) is 35.5 Å². The average Bonchev–Trinajstić information content (AvgIpc) is 3.13. The van der Waals surface area contributed by atoms with Crippen molar-refractivity contribution in [3.8, 4) is 0 Å². The lowest BCUT2D eigenvalue weighted by molar-refractivity contribution is -0.120. The number of hydrogen-bond donors (Lipinski definition) is 2. The van der Waals surface area contributed by atoms with E-state index in [4.69, 9.17) is 10.3 Å². The molecule has 3 N–H and O–H groups in total. The number of carbonyl (C=O) groups is 1. The number of carbonyl (C=O) groups excluding carboxylic acids is 1. The van der Waals surface area contributed by atoms with Gasteiger partial charge in [-0.15, -0.1) is 0 Å². The summed E-state index contributed by atoms with van der Waals surface area (Å²) >= 11 is 0. The average molecular weight is 314 g/mol. The number of nitrogens with two attached hydrogens (primary N) is 1. The first-order valence-electron chi connectivity index (χ1n) is 7.83. The summed E-state index contributed by atoms with van der Waals surface area (Å²) < 4.78 is 5.03. The normalized spacial score (nSPS) is 22.9. The summed E-state index contributed by atoms with van der Waals surface area (Å²) in [7, 11) is 0. The summed E-state index contributed by atoms with van der Waals surface area (Å²) in [6, 6.07) is 11.7. The van der Waals surface area contributed by atoms with Crippen LogP contribution >= 0.6 is 0 Å². The third-order valence-electron chi connectivity index (χ3n) is 4.42. The van der Waals surface area contributed by atoms with E-state index >= 15 is 0 Å². The molecule has 1 amide bonds. The number of anilines is 1. The van der Waals surface area contributed by atoms with Crippen LogP contribution in [0.25, 0.3) is 0 Å². The van der Waals surface area contributed by atoms with E-state index < -0.39 is 0 Å². The second-order valence-electron chi connectivity index (χ2n) is 6.13. The third kappa shape index (κ3) is 3.43. The lowest BCUT2D eigenvalue weighted by Gasteiger charge is -2.22. The Kier molecular flexibility index (Phi) is 4.45. The van der Waals surface area contributed by atoms with Crippen LogP contribution in [-0.4, -0.2) is 41.1 Å². The molecule has 1 aliphatic heterocycles. The summed E-state index contributed by atoms with van der Waals surface area (Å²) in [5.74, 6) is 0.517. The first-order chi connectivity index (χ1) is 11.0. The van der Waals surface area contributed by atoms with E-state index in [1.807, 2.05) is 32.0 Å². The van der Waals surface area contributed by atoms with Crippen LogP contribution in [0.1, 0.15) is 24.1 Å². The number of likely N-dealkylation sites (tertiary alicyclic amines) is 1. The van der Waals surface area contributed by atoms with Crippen molar-refractivity contribution < 1.29 is 9.32 Å². The van der Waals surface area contributed by atoms with Gasteiger partial charge in [-0.2, -0.15) is 0 Å². The maximum absolute atomic E-state index is 12.4. The molecule has 1 aliphatic rings. The molecule has 0 saturated carbocycles. The maximum Gasteiger partial charge on any atom is 0.243 e. The second-order valence-corrected chi connectivity index (χ2v) is 6.13. The number of amides is 1. The van der Waals surface area contributed by atoms with Gasteiger partial charge in [0.1, 0.15) is 0 Å². The third-order valence-corrected chi connectivity index (χ3v) is 4.42. The van der Waals surface area contributed by atoms with Crippen LogP contribution in [0.2, 0.25) is 0 Å². The number of nitrogens with one attached hydrogen (secondary N) is 1. The van der Waals surface area contributed by atoms with Crippen LogP contribution in [0.3, 0.4) is 0 Å². The highest BCUT2D eigenvalue weighted by molar-refractivity contribution is 5.93. The molecule has 0 radical (unpaired) electrons. The van der Waals surface area contributed by atoms with Gasteiger partial charge in [0, 0.05) is 31.1 Å². The first kappa shape index (κ1) is 15.7. The fourth-order valence-corrected chi connectivity index (χ4v) is 3.04. The first-order valence-corrected chi connectivity index (χ1v) is 7.83. The number of aromatic nitrogens is 1. The van der Waals surface area contributed by atoms with Gasteiger partial charge < -0.3 is 10.3 Å². The fraction of sp³-hybridized carbons (Fsp3) is 0.412. The fourth-order valence-electron chi connectivity index (χ4n) is 3.04. The van der Waals surface area contributed by atoms with Crippen LogP contribution in [0, 0.1) is 6.92 Å². The quantitative estimate of drug-likeness (QED) is 0.898. The Morgan fingerprint density at radius 3 is 2.78 bits per heavy atom. The van der Waals surface area contributed by atoms with Gasteiger partial charge >= 0.3 is 0 Å². The molecule has 122 valence electrons. The molecule has 0 spiro atoms. The Hall–Kier alpha value is -2.18. The number of rotatable bonds is 4. The Morgan fingerprint density at radius 2 is 2.13 bits per heavy atom. The lowest BCUT2D eigenvalue weighted by Crippen LogP contribution is -2.41. The highest BCUT2D eigenvalue weighted by Gasteiger charge is 2.35. The molecular formula is C17H22N4O2. The minimum atomic E-state index is -0.278. The van der Waals surface area contributed by atoms with Gasteiger partial charge in [0.15, 0.2) is 0 Å². The molecule has 6 heteroatoms. The molecule has 1 aromatic heterocycles. The van der Waals surface area contributed by atoms with Gasteiger partial charge in [-0.05, 0) is 19.4 Å². The standard InChI is InChI=1S/C17H22N4O2/c1-11-8-16(23-20-11)19-17(22)12(2)21-9-14(15(18)10-21)13-6-4-3-5-7-13/h3-8,12,14-15H,9-10,18H2,1-2H3,(H,19,22)/t12?,14-,15+/m0/s1. The van der Waals surface area contributed by atoms with E-state index in [2.05, 4.69) is 27.5 Å². The van der Waals surface area contributed by atoms with Gasteiger partial charge in [0.05, 0.1) is 11.7 Å². The molecule has 1 saturated heterocycles. The molecule has 2 heterocycles. The van der Waals surface area contributed by atoms with Crippen molar-refractivity contribution in [1.82, 2.24) is 10.1 Å². The van der Waals surface area contributed by atoms with E-state index in [9.17, 15) is 4.79 Å². The van der Waals surface area contributed by atoms with E-state index in [-0.39, 0.29) is 23.9 Å². The van der Waals surface area contributed by atoms with Crippen LogP contribution in [0.4, 0.5) is 5.88 Å². The number of hydrogen-bond acceptors (Lipinski definition) is 5. The highest BCUT2D eigenvalue weighted by atomic mass is 16.5. The molecule has 6 nitrogen and oxygen atoms in total. The topological polar surface area (TPSA) is 84.4 Å². The van der Waals surface area contributed by atoms with Crippen LogP contribution in [0.5, 0.6) is 0 Å². The highest BCUT2D eigenvalue weighted by Crippen LogP contribution is 2.27. The van der Waals surface area contributed by atoms with Gasteiger partial charge in [-0.3, -0.25) is 15.0 Å². The van der Waals surface area contributed by atoms with Gasteiger partial charge in [-0.25, -0.2) is 0 Å². The molecular weight excluding hydrogens is 292 g/mol. The summed E-state index contributed by atoms with van der Waals surface area (Å²) in [5.41, 5.74) is 8.25. The van der Waals surface area contributed by atoms with Crippen molar-refractivity contribution in [1.29, 1.82) is 0 Å². The van der Waals surface area contributed by atoms with Crippen LogP contribution < -0.4 is 11.1 Å². The molecule has 1 unspecified atom stereocenters. The van der Waals surface area contributed by atoms with Crippen molar-refractivity contribution >= 4 is 11.8 Å². The van der Waals surface area contributed by atoms with E-state index in [0.717, 1.165) is 12.2 Å². The maximum atomic E-state index is 12.4. The summed E-state index contributed by atoms with van der Waals surface area (Å²) in [4.78, 5) is 14.5. The van der Waals surface area contributed by atoms with E-state index in [1.54, 1.807) is 6.07 Å². The Balaban J connectivity index is 1.64. The largest absolute Gasteiger partial charge is 0.338 e. The van der Waals surface area contributed by atoms with Crippen molar-refractivity contribution in [2.24, 2.45) is 5.73 Å². The predicted octanol–water partition coefficient (Wildman–Crippen LogP) is 1.74. The summed E-state index contributed by atoms with van der Waals surface area (Å²) in [6.45, 7) is 5.17. The molecule has 0 aliphatic carbocycles. The smallest absolute Gasteiger partial charge is 0.243 e. The molecule has 23 heavy (non-hydrogen) atoms. The zero-order valence-electron chi connectivity index (χ0n) is 13.4. The zero-order valence-corrected chi connectivity index (χ0v) is 13.4. The van der Waals surface area contributed by atoms with E-state index in [0.29, 0.717) is 12.4 Å². The minimum absolute atomic E-state index is 0.0279. The van der Waals surface area contributed by atoms with Crippen molar-refractivity contribution in [3.63, 3.8) is 0 Å². The van der Waals surface area contributed by atoms with Crippen molar-refractivity contribution in [2.75, 3.05) is 18.4 Å². The van der Waals surface area contributed by atoms with Crippen molar-refractivity contribution in [2.45, 2.75) is 31.8 Å². The molecule has 3 rings (SSSR count). The number of aryl methyl sites for hydroxylation is 1. The number of nitrogens with zero attached hydrogens (tertiary/aromatic N) is 2. The molecule has 1 fully saturated rings. The van der Waals surface area contributed by atoms with Crippen LogP contribution in [0.15, 0.2) is 40.9 Å². The SMILES string of the molecule is Cc1cc(NC(=O)C(C)N2C[C@@H](N)[C@H](c3ccccc3)C2)on1. The molecule has 1 aromatic carbocycles. The number of benzene rings is 1. The summed E-state index contributed by atoms with van der Waals surface area (Å²) in [5, 5.41) is 6.53. The second kappa shape index (κ2) is 6.52.